The molecule has 1 aromatic rings. The summed E-state index contributed by atoms with van der Waals surface area (Å²) in [4.78, 5) is 14.7. The molecule has 1 aliphatic heterocycles. The quantitative estimate of drug-likeness (QED) is 0.887. The first-order valence-corrected chi connectivity index (χ1v) is 8.37. The molecule has 1 saturated heterocycles. The summed E-state index contributed by atoms with van der Waals surface area (Å²) < 4.78 is 0. The van der Waals surface area contributed by atoms with Crippen molar-refractivity contribution in [3.05, 3.63) is 34.9 Å². The van der Waals surface area contributed by atoms with Gasteiger partial charge in [-0.25, -0.2) is 4.79 Å². The molecule has 0 spiro atoms. The number of halogens is 1. The van der Waals surface area contributed by atoms with E-state index in [1.54, 1.807) is 0 Å². The first-order chi connectivity index (χ1) is 10.1. The van der Waals surface area contributed by atoms with Crippen LogP contribution in [0, 0.1) is 0 Å². The molecule has 2 aliphatic rings. The lowest BCUT2D eigenvalue weighted by molar-refractivity contribution is 0.144. The number of hydrogen-bond acceptors (Lipinski definition) is 1. The second kappa shape index (κ2) is 5.88. The summed E-state index contributed by atoms with van der Waals surface area (Å²) in [5, 5.41) is 4.02. The number of carbonyl (C=O) groups excluding carboxylic acids is 1. The molecule has 2 amide bonds. The van der Waals surface area contributed by atoms with Crippen LogP contribution in [0.2, 0.25) is 5.02 Å². The topological polar surface area (TPSA) is 32.3 Å². The summed E-state index contributed by atoms with van der Waals surface area (Å²) in [6, 6.07) is 8.37. The van der Waals surface area contributed by atoms with Gasteiger partial charge in [-0.15, -0.1) is 0 Å². The Balaban J connectivity index is 1.70. The van der Waals surface area contributed by atoms with Gasteiger partial charge in [0.05, 0.1) is 5.54 Å². The van der Waals surface area contributed by atoms with Gasteiger partial charge in [0.15, 0.2) is 0 Å². The molecule has 3 rings (SSSR count). The van der Waals surface area contributed by atoms with Crippen LogP contribution in [0.15, 0.2) is 24.3 Å². The van der Waals surface area contributed by atoms with E-state index in [2.05, 4.69) is 12.2 Å². The van der Waals surface area contributed by atoms with E-state index in [0.717, 1.165) is 43.7 Å². The number of rotatable bonds is 3. The van der Waals surface area contributed by atoms with Crippen LogP contribution in [0.25, 0.3) is 0 Å². The van der Waals surface area contributed by atoms with Crippen LogP contribution in [0.1, 0.15) is 51.0 Å². The van der Waals surface area contributed by atoms with Gasteiger partial charge in [-0.2, -0.15) is 0 Å². The first kappa shape index (κ1) is 14.7. The Kier molecular flexibility index (Phi) is 4.12. The third-order valence-corrected chi connectivity index (χ3v) is 5.10. The highest BCUT2D eigenvalue weighted by Gasteiger charge is 2.46. The largest absolute Gasteiger partial charge is 0.328 e. The van der Waals surface area contributed by atoms with E-state index < -0.39 is 0 Å². The van der Waals surface area contributed by atoms with Gasteiger partial charge in [0.2, 0.25) is 0 Å². The smallest absolute Gasteiger partial charge is 0.318 e. The summed E-state index contributed by atoms with van der Waals surface area (Å²) in [5.74, 6) is 0. The molecule has 1 unspecified atom stereocenters. The molecule has 2 fully saturated rings. The Morgan fingerprint density at radius 1 is 1.33 bits per heavy atom. The second-order valence-corrected chi connectivity index (χ2v) is 6.71. The minimum absolute atomic E-state index is 0.106. The molecule has 4 heteroatoms. The number of benzene rings is 1. The number of carbonyl (C=O) groups is 1. The van der Waals surface area contributed by atoms with Gasteiger partial charge in [0.25, 0.3) is 0 Å². The average molecular weight is 307 g/mol. The van der Waals surface area contributed by atoms with Crippen molar-refractivity contribution < 1.29 is 4.79 Å². The Morgan fingerprint density at radius 2 is 2.05 bits per heavy atom. The average Bonchev–Trinajstić information content (AvgIpc) is 3.28. The molecule has 0 aromatic heterocycles. The molecule has 3 nitrogen and oxygen atoms in total. The zero-order chi connectivity index (χ0) is 14.9. The summed E-state index contributed by atoms with van der Waals surface area (Å²) in [7, 11) is 0. The third-order valence-electron chi connectivity index (χ3n) is 4.85. The maximum Gasteiger partial charge on any atom is 0.318 e. The van der Waals surface area contributed by atoms with Crippen molar-refractivity contribution in [1.29, 1.82) is 0 Å². The first-order valence-electron chi connectivity index (χ1n) is 7.99. The monoisotopic (exact) mass is 306 g/mol. The van der Waals surface area contributed by atoms with Gasteiger partial charge < -0.3 is 10.2 Å². The molecular weight excluding hydrogens is 284 g/mol. The van der Waals surface area contributed by atoms with Gasteiger partial charge in [0.1, 0.15) is 0 Å². The molecular formula is C17H23ClN2O. The van der Waals surface area contributed by atoms with Crippen LogP contribution in [-0.2, 0) is 5.54 Å². The van der Waals surface area contributed by atoms with Crippen LogP contribution in [0.4, 0.5) is 4.79 Å². The lowest BCUT2D eigenvalue weighted by Gasteiger charge is -2.36. The number of piperidine rings is 1. The van der Waals surface area contributed by atoms with E-state index in [-0.39, 0.29) is 11.6 Å². The summed E-state index contributed by atoms with van der Waals surface area (Å²) >= 11 is 5.95. The molecule has 1 heterocycles. The molecule has 0 bridgehead atoms. The summed E-state index contributed by atoms with van der Waals surface area (Å²) in [6.45, 7) is 3.06. The van der Waals surface area contributed by atoms with E-state index in [1.165, 1.54) is 12.0 Å². The number of hydrogen-bond donors (Lipinski definition) is 1. The minimum Gasteiger partial charge on any atom is -0.328 e. The minimum atomic E-state index is -0.155. The highest BCUT2D eigenvalue weighted by molar-refractivity contribution is 6.30. The van der Waals surface area contributed by atoms with E-state index >= 15 is 0 Å². The number of nitrogens with zero attached hydrogens (tertiary/aromatic N) is 1. The molecule has 1 N–H and O–H groups in total. The molecule has 114 valence electrons. The molecule has 1 saturated carbocycles. The van der Waals surface area contributed by atoms with Gasteiger partial charge in [0, 0.05) is 17.6 Å². The lowest BCUT2D eigenvalue weighted by Crippen LogP contribution is -2.51. The summed E-state index contributed by atoms with van der Waals surface area (Å²) in [5.41, 5.74) is 1.02. The SMILES string of the molecule is CCC1CCCCN1C(=O)NC1(c2ccc(Cl)cc2)CC1. The fraction of sp³-hybridized carbons (Fsp3) is 0.588. The Labute approximate surface area is 131 Å². The fourth-order valence-electron chi connectivity index (χ4n) is 3.35. The van der Waals surface area contributed by atoms with Crippen LogP contribution >= 0.6 is 11.6 Å². The number of nitrogens with one attached hydrogen (secondary N) is 1. The van der Waals surface area contributed by atoms with Crippen molar-refractivity contribution in [3.63, 3.8) is 0 Å². The fourth-order valence-corrected chi connectivity index (χ4v) is 3.47. The molecule has 0 radical (unpaired) electrons. The predicted molar refractivity (Wildman–Crippen MR) is 85.5 cm³/mol. The molecule has 21 heavy (non-hydrogen) atoms. The van der Waals surface area contributed by atoms with Crippen molar-refractivity contribution in [2.45, 2.75) is 57.0 Å². The van der Waals surface area contributed by atoms with Crippen molar-refractivity contribution in [2.75, 3.05) is 6.54 Å². The van der Waals surface area contributed by atoms with E-state index in [4.69, 9.17) is 11.6 Å². The Bertz CT molecular complexity index is 510. The van der Waals surface area contributed by atoms with Crippen LogP contribution in [0.5, 0.6) is 0 Å². The molecule has 1 atom stereocenters. The zero-order valence-electron chi connectivity index (χ0n) is 12.6. The number of urea groups is 1. The Morgan fingerprint density at radius 3 is 2.67 bits per heavy atom. The Hall–Kier alpha value is -1.22. The van der Waals surface area contributed by atoms with Crippen molar-refractivity contribution in [2.24, 2.45) is 0 Å². The van der Waals surface area contributed by atoms with Crippen molar-refractivity contribution in [1.82, 2.24) is 10.2 Å². The van der Waals surface area contributed by atoms with E-state index in [9.17, 15) is 4.79 Å². The molecule has 1 aliphatic carbocycles. The van der Waals surface area contributed by atoms with Gasteiger partial charge in [-0.1, -0.05) is 30.7 Å². The van der Waals surface area contributed by atoms with Gasteiger partial charge in [-0.05, 0) is 56.2 Å². The zero-order valence-corrected chi connectivity index (χ0v) is 13.3. The standard InChI is InChI=1S/C17H23ClN2O/c1-2-15-5-3-4-12-20(15)16(21)19-17(10-11-17)13-6-8-14(18)9-7-13/h6-9,15H,2-5,10-12H2,1H3,(H,19,21). The van der Waals surface area contributed by atoms with E-state index in [1.807, 2.05) is 29.2 Å². The summed E-state index contributed by atoms with van der Waals surface area (Å²) in [6.07, 6.45) is 6.58. The normalized spacial score (nSPS) is 23.7. The third kappa shape index (κ3) is 3.03. The predicted octanol–water partition coefficient (Wildman–Crippen LogP) is 4.30. The van der Waals surface area contributed by atoms with Crippen molar-refractivity contribution >= 4 is 17.6 Å². The van der Waals surface area contributed by atoms with Crippen LogP contribution < -0.4 is 5.32 Å². The number of amides is 2. The lowest BCUT2D eigenvalue weighted by atomic mass is 10.00. The highest BCUT2D eigenvalue weighted by Crippen LogP contribution is 2.46. The maximum atomic E-state index is 12.7. The van der Waals surface area contributed by atoms with Crippen LogP contribution in [-0.4, -0.2) is 23.5 Å². The van der Waals surface area contributed by atoms with E-state index in [0.29, 0.717) is 6.04 Å². The number of likely N-dealkylation sites (tertiary alicyclic amines) is 1. The van der Waals surface area contributed by atoms with Gasteiger partial charge in [-0.3, -0.25) is 0 Å². The second-order valence-electron chi connectivity index (χ2n) is 6.27. The molecule has 1 aromatic carbocycles. The maximum absolute atomic E-state index is 12.7. The van der Waals surface area contributed by atoms with Gasteiger partial charge >= 0.3 is 6.03 Å². The highest BCUT2D eigenvalue weighted by atomic mass is 35.5. The van der Waals surface area contributed by atoms with Crippen molar-refractivity contribution in [3.8, 4) is 0 Å². The van der Waals surface area contributed by atoms with Crippen LogP contribution in [0.3, 0.4) is 0 Å².